The predicted molar refractivity (Wildman–Crippen MR) is 270 cm³/mol. The molecule has 0 saturated carbocycles. The van der Waals surface area contributed by atoms with Gasteiger partial charge < -0.3 is 40.9 Å². The Morgan fingerprint density at radius 1 is 0.559 bits per heavy atom. The summed E-state index contributed by atoms with van der Waals surface area (Å²) in [7, 11) is 3.44. The number of nitrogens with zero attached hydrogens (tertiary/aromatic N) is 4. The highest BCUT2D eigenvalue weighted by atomic mass is 16.2. The monoisotopic (exact) mass is 943 g/mol. The van der Waals surface area contributed by atoms with Crippen molar-refractivity contribution in [2.45, 2.75) is 182 Å². The molecule has 2 fully saturated rings. The summed E-state index contributed by atoms with van der Waals surface area (Å²) in [6.07, 6.45) is 9.35. The molecule has 2 saturated heterocycles. The lowest BCUT2D eigenvalue weighted by Crippen LogP contribution is -2.59. The van der Waals surface area contributed by atoms with Gasteiger partial charge in [-0.15, -0.1) is 0 Å². The van der Waals surface area contributed by atoms with Crippen molar-refractivity contribution in [1.82, 2.24) is 40.9 Å². The topological polar surface area (TPSA) is 163 Å². The summed E-state index contributed by atoms with van der Waals surface area (Å²) in [5, 5.41) is 11.9. The smallest absolute Gasteiger partial charge is 0.246 e. The van der Waals surface area contributed by atoms with E-state index in [4.69, 9.17) is 0 Å². The summed E-state index contributed by atoms with van der Waals surface area (Å²) in [6, 6.07) is 17.4. The van der Waals surface area contributed by atoms with Crippen molar-refractivity contribution in [2.75, 3.05) is 40.3 Å². The number of likely N-dealkylation sites (N-methyl/N-ethyl adjacent to an activating group) is 2. The van der Waals surface area contributed by atoms with Gasteiger partial charge >= 0.3 is 0 Å². The highest BCUT2D eigenvalue weighted by Gasteiger charge is 2.42. The number of carbonyl (C=O) groups is 6. The van der Waals surface area contributed by atoms with Crippen LogP contribution >= 0.6 is 0 Å². The minimum absolute atomic E-state index is 0.0744. The lowest BCUT2D eigenvalue weighted by molar-refractivity contribution is -0.142. The highest BCUT2D eigenvalue weighted by Crippen LogP contribution is 2.29. The van der Waals surface area contributed by atoms with E-state index in [-0.39, 0.29) is 47.5 Å². The molecule has 14 heteroatoms. The molecular formula is C54H86N8O6. The highest BCUT2D eigenvalue weighted by molar-refractivity contribution is 5.91. The first-order valence-electron chi connectivity index (χ1n) is 25.4. The van der Waals surface area contributed by atoms with Crippen molar-refractivity contribution in [2.24, 2.45) is 10.8 Å². The van der Waals surface area contributed by atoms with Gasteiger partial charge in [-0.1, -0.05) is 128 Å². The third-order valence-electron chi connectivity index (χ3n) is 13.8. The van der Waals surface area contributed by atoms with Crippen LogP contribution in [-0.2, 0) is 41.9 Å². The number of unbranched alkanes of at least 4 members (excludes halogenated alkanes) is 5. The van der Waals surface area contributed by atoms with Crippen molar-refractivity contribution in [3.05, 3.63) is 71.8 Å². The molecule has 68 heavy (non-hydrogen) atoms. The molecule has 2 aromatic carbocycles. The first-order valence-corrected chi connectivity index (χ1v) is 25.4. The van der Waals surface area contributed by atoms with E-state index in [2.05, 4.69) is 21.3 Å². The van der Waals surface area contributed by atoms with Crippen LogP contribution in [0.25, 0.3) is 0 Å². The molecule has 0 aromatic heterocycles. The summed E-state index contributed by atoms with van der Waals surface area (Å²) in [4.78, 5) is 89.8. The number of carbonyl (C=O) groups excluding carboxylic acids is 6. The zero-order chi connectivity index (χ0) is 50.0. The zero-order valence-electron chi connectivity index (χ0n) is 43.2. The number of benzene rings is 2. The maximum absolute atomic E-state index is 14.2. The number of likely N-dealkylation sites (tertiary alicyclic amines) is 2. The average Bonchev–Trinajstić information content (AvgIpc) is 3.98. The van der Waals surface area contributed by atoms with E-state index in [1.54, 1.807) is 27.9 Å². The molecule has 6 amide bonds. The van der Waals surface area contributed by atoms with Crippen LogP contribution in [0.15, 0.2) is 60.7 Å². The molecule has 4 N–H and O–H groups in total. The molecule has 14 nitrogen and oxygen atoms in total. The minimum atomic E-state index is -0.696. The van der Waals surface area contributed by atoms with Crippen LogP contribution in [0.4, 0.5) is 0 Å². The fourth-order valence-corrected chi connectivity index (χ4v) is 9.26. The van der Waals surface area contributed by atoms with Gasteiger partial charge in [0, 0.05) is 64.2 Å². The predicted octanol–water partition coefficient (Wildman–Crippen LogP) is 6.42. The van der Waals surface area contributed by atoms with Crippen LogP contribution < -0.4 is 21.3 Å². The Bertz CT molecular complexity index is 1780. The van der Waals surface area contributed by atoms with Gasteiger partial charge in [-0.05, 0) is 88.4 Å². The van der Waals surface area contributed by atoms with Gasteiger partial charge in [-0.3, -0.25) is 28.8 Å². The molecule has 0 bridgehead atoms. The second-order valence-electron chi connectivity index (χ2n) is 21.4. The second-order valence-corrected chi connectivity index (χ2v) is 21.4. The van der Waals surface area contributed by atoms with E-state index in [0.717, 1.165) is 75.3 Å². The van der Waals surface area contributed by atoms with Crippen LogP contribution in [0.3, 0.4) is 0 Å². The van der Waals surface area contributed by atoms with Gasteiger partial charge in [-0.2, -0.15) is 0 Å². The van der Waals surface area contributed by atoms with E-state index < -0.39 is 35.0 Å². The molecule has 378 valence electrons. The quantitative estimate of drug-likeness (QED) is 0.0829. The number of hydrogen-bond acceptors (Lipinski definition) is 8. The zero-order valence-corrected chi connectivity index (χ0v) is 43.2. The van der Waals surface area contributed by atoms with Gasteiger partial charge in [0.1, 0.15) is 12.1 Å². The largest absolute Gasteiger partial charge is 0.342 e. The normalized spacial score (nSPS) is 18.1. The summed E-state index contributed by atoms with van der Waals surface area (Å²) < 4.78 is 0. The lowest BCUT2D eigenvalue weighted by Gasteiger charge is -2.37. The van der Waals surface area contributed by atoms with Gasteiger partial charge in [0.2, 0.25) is 35.4 Å². The van der Waals surface area contributed by atoms with Crippen molar-refractivity contribution in [3.8, 4) is 0 Å². The maximum atomic E-state index is 14.2. The van der Waals surface area contributed by atoms with Crippen molar-refractivity contribution < 1.29 is 28.8 Å². The van der Waals surface area contributed by atoms with E-state index >= 15 is 0 Å². The number of hydrogen-bond donors (Lipinski definition) is 4. The van der Waals surface area contributed by atoms with E-state index in [1.807, 2.05) is 122 Å². The molecule has 2 aliphatic heterocycles. The summed E-state index contributed by atoms with van der Waals surface area (Å²) in [6.45, 7) is 18.3. The third kappa shape index (κ3) is 17.0. The minimum Gasteiger partial charge on any atom is -0.342 e. The van der Waals surface area contributed by atoms with Crippen LogP contribution in [-0.4, -0.2) is 132 Å². The first kappa shape index (κ1) is 55.8. The molecule has 2 aliphatic rings. The summed E-state index contributed by atoms with van der Waals surface area (Å²) in [5.74, 6) is -0.493. The molecular weight excluding hydrogens is 857 g/mol. The van der Waals surface area contributed by atoms with Crippen molar-refractivity contribution >= 4 is 35.4 Å². The van der Waals surface area contributed by atoms with Crippen LogP contribution in [0.2, 0.25) is 0 Å². The van der Waals surface area contributed by atoms with Gasteiger partial charge in [0.05, 0.1) is 12.1 Å². The lowest BCUT2D eigenvalue weighted by atomic mass is 9.85. The standard InChI is InChI=1S/C54H86N8O6/c1-39(55-9)49(65)57-47(53(3,4)5)51(67)61-33-23-29-43(61)37-59(35-41-25-17-15-18-26-41)45(63)31-21-13-11-12-14-22-32-46(64)60(36-42-27-19-16-20-28-42)38-44-30-24-34-62(44)52(68)48(54(6,7)8)58-50(66)40(2)56-10/h15-20,25-28,39-40,43-44,47-48,55-56H,11-14,21-24,29-38H2,1-10H3,(H,57,65)(H,58,66)/t39-,40-,43-,44+,47+,48+/m0/s1. The van der Waals surface area contributed by atoms with Crippen molar-refractivity contribution in [1.29, 1.82) is 0 Å². The van der Waals surface area contributed by atoms with E-state index in [0.29, 0.717) is 52.1 Å². The summed E-state index contributed by atoms with van der Waals surface area (Å²) >= 11 is 0. The number of nitrogens with one attached hydrogen (secondary N) is 4. The van der Waals surface area contributed by atoms with Crippen LogP contribution in [0.5, 0.6) is 0 Å². The first-order chi connectivity index (χ1) is 32.2. The molecule has 0 unspecified atom stereocenters. The Kier molecular flexibility index (Phi) is 22.0. The second kappa shape index (κ2) is 26.8. The van der Waals surface area contributed by atoms with Crippen LogP contribution in [0, 0.1) is 10.8 Å². The number of rotatable bonds is 25. The van der Waals surface area contributed by atoms with E-state index in [9.17, 15) is 28.8 Å². The molecule has 2 heterocycles. The molecule has 6 atom stereocenters. The van der Waals surface area contributed by atoms with Gasteiger partial charge in [0.25, 0.3) is 0 Å². The Balaban J connectivity index is 1.30. The maximum Gasteiger partial charge on any atom is 0.246 e. The molecule has 2 aromatic rings. The van der Waals surface area contributed by atoms with Crippen LogP contribution in [0.1, 0.15) is 144 Å². The Morgan fingerprint density at radius 3 is 1.22 bits per heavy atom. The van der Waals surface area contributed by atoms with E-state index in [1.165, 1.54) is 0 Å². The molecule has 4 rings (SSSR count). The van der Waals surface area contributed by atoms with Gasteiger partial charge in [-0.25, -0.2) is 0 Å². The molecule has 0 aliphatic carbocycles. The third-order valence-corrected chi connectivity index (χ3v) is 13.8. The average molecular weight is 943 g/mol. The Morgan fingerprint density at radius 2 is 0.897 bits per heavy atom. The fourth-order valence-electron chi connectivity index (χ4n) is 9.26. The SMILES string of the molecule is CN[C@@H](C)C(=O)N[C@H](C(=O)N1CCC[C@@H]1CN(Cc1ccccc1)C(=O)CCCCCCCCC(=O)N(Cc1ccccc1)C[C@@H]1CCCN1C(=O)[C@@H](NC(=O)[C@H](C)NC)C(C)(C)C)C(C)(C)C. The molecule has 0 spiro atoms. The molecule has 0 radical (unpaired) electrons. The number of amides is 6. The fraction of sp³-hybridized carbons (Fsp3) is 0.667. The Labute approximate surface area is 408 Å². The van der Waals surface area contributed by atoms with Gasteiger partial charge in [0.15, 0.2) is 0 Å². The Hall–Kier alpha value is -4.82. The van der Waals surface area contributed by atoms with Crippen molar-refractivity contribution in [3.63, 3.8) is 0 Å². The summed E-state index contributed by atoms with van der Waals surface area (Å²) in [5.41, 5.74) is 1.07.